The molecule has 0 bridgehead atoms. The Kier molecular flexibility index (Phi) is 5.14. The number of hydrogen-bond donors (Lipinski definition) is 1. The van der Waals surface area contributed by atoms with E-state index in [-0.39, 0.29) is 6.04 Å². The van der Waals surface area contributed by atoms with E-state index in [0.717, 1.165) is 5.56 Å². The summed E-state index contributed by atoms with van der Waals surface area (Å²) in [5.74, 6) is 0. The highest BCUT2D eigenvalue weighted by Crippen LogP contribution is 2.09. The van der Waals surface area contributed by atoms with E-state index in [1.807, 2.05) is 19.1 Å². The third-order valence-corrected chi connectivity index (χ3v) is 1.86. The van der Waals surface area contributed by atoms with E-state index in [1.54, 1.807) is 19.5 Å². The summed E-state index contributed by atoms with van der Waals surface area (Å²) < 4.78 is 4.85. The molecule has 0 amide bonds. The maximum absolute atomic E-state index is 5.19. The van der Waals surface area contributed by atoms with Gasteiger partial charge in [-0.25, -0.2) is 0 Å². The predicted octanol–water partition coefficient (Wildman–Crippen LogP) is 1.31. The summed E-state index contributed by atoms with van der Waals surface area (Å²) >= 11 is 0. The molecule has 0 radical (unpaired) electrons. The van der Waals surface area contributed by atoms with Crippen LogP contribution in [0.3, 0.4) is 0 Å². The van der Waals surface area contributed by atoms with Gasteiger partial charge >= 0.3 is 0 Å². The van der Waals surface area contributed by atoms with Crippen LogP contribution in [0.5, 0.6) is 0 Å². The molecule has 4 heteroatoms. The second kappa shape index (κ2) is 6.48. The van der Waals surface area contributed by atoms with Crippen molar-refractivity contribution in [3.8, 4) is 0 Å². The maximum Gasteiger partial charge on any atom is 0.0916 e. The average molecular weight is 196 g/mol. The minimum Gasteiger partial charge on any atom is -0.382 e. The van der Waals surface area contributed by atoms with Crippen LogP contribution in [0.4, 0.5) is 0 Å². The normalized spacial score (nSPS) is 12.7. The Morgan fingerprint density at radius 2 is 2.07 bits per heavy atom. The van der Waals surface area contributed by atoms with E-state index >= 15 is 0 Å². The molecule has 0 aliphatic heterocycles. The van der Waals surface area contributed by atoms with E-state index in [0.29, 0.717) is 13.2 Å². The van der Waals surface area contributed by atoms with Crippen LogP contribution in [-0.2, 0) is 9.57 Å². The quantitative estimate of drug-likeness (QED) is 0.550. The zero-order valence-corrected chi connectivity index (χ0v) is 8.56. The highest BCUT2D eigenvalue weighted by atomic mass is 16.7. The monoisotopic (exact) mass is 196 g/mol. The SMILES string of the molecule is COCCONC(C)c1ccncc1. The second-order valence-corrected chi connectivity index (χ2v) is 2.96. The van der Waals surface area contributed by atoms with Gasteiger partial charge in [0, 0.05) is 19.5 Å². The van der Waals surface area contributed by atoms with Crippen LogP contribution in [0.15, 0.2) is 24.5 Å². The first-order chi connectivity index (χ1) is 6.84. The molecule has 0 aliphatic carbocycles. The third-order valence-electron chi connectivity index (χ3n) is 1.86. The fourth-order valence-corrected chi connectivity index (χ4v) is 1.03. The van der Waals surface area contributed by atoms with Crippen molar-refractivity contribution in [2.24, 2.45) is 0 Å². The molecule has 0 fully saturated rings. The molecule has 1 heterocycles. The molecule has 1 aromatic rings. The summed E-state index contributed by atoms with van der Waals surface area (Å²) in [5, 5.41) is 0. The van der Waals surface area contributed by atoms with Crippen molar-refractivity contribution in [3.63, 3.8) is 0 Å². The van der Waals surface area contributed by atoms with Gasteiger partial charge in [-0.05, 0) is 24.6 Å². The van der Waals surface area contributed by atoms with Gasteiger partial charge in [0.25, 0.3) is 0 Å². The van der Waals surface area contributed by atoms with Gasteiger partial charge in [-0.3, -0.25) is 9.82 Å². The first-order valence-corrected chi connectivity index (χ1v) is 4.60. The van der Waals surface area contributed by atoms with Crippen LogP contribution in [0.25, 0.3) is 0 Å². The van der Waals surface area contributed by atoms with Gasteiger partial charge in [0.2, 0.25) is 0 Å². The Hall–Kier alpha value is -0.970. The topological polar surface area (TPSA) is 43.4 Å². The lowest BCUT2D eigenvalue weighted by Gasteiger charge is -2.13. The first kappa shape index (κ1) is 11.1. The second-order valence-electron chi connectivity index (χ2n) is 2.96. The molecule has 1 aromatic heterocycles. The molecular weight excluding hydrogens is 180 g/mol. The zero-order chi connectivity index (χ0) is 10.2. The summed E-state index contributed by atoms with van der Waals surface area (Å²) in [7, 11) is 1.65. The average Bonchev–Trinajstić information content (AvgIpc) is 2.25. The summed E-state index contributed by atoms with van der Waals surface area (Å²) in [5.41, 5.74) is 4.08. The van der Waals surface area contributed by atoms with Crippen molar-refractivity contribution in [2.45, 2.75) is 13.0 Å². The van der Waals surface area contributed by atoms with E-state index in [4.69, 9.17) is 9.57 Å². The highest BCUT2D eigenvalue weighted by Gasteiger charge is 2.03. The molecule has 0 aromatic carbocycles. The smallest absolute Gasteiger partial charge is 0.0916 e. The Morgan fingerprint density at radius 1 is 1.36 bits per heavy atom. The summed E-state index contributed by atoms with van der Waals surface area (Å²) in [4.78, 5) is 9.14. The number of ether oxygens (including phenoxy) is 1. The van der Waals surface area contributed by atoms with Crippen molar-refractivity contribution >= 4 is 0 Å². The van der Waals surface area contributed by atoms with Crippen LogP contribution in [0.2, 0.25) is 0 Å². The number of aromatic nitrogens is 1. The summed E-state index contributed by atoms with van der Waals surface area (Å²) in [6.45, 7) is 3.17. The van der Waals surface area contributed by atoms with Gasteiger partial charge in [0.15, 0.2) is 0 Å². The molecule has 0 saturated carbocycles. The fraction of sp³-hybridized carbons (Fsp3) is 0.500. The molecule has 1 rings (SSSR count). The van der Waals surface area contributed by atoms with Gasteiger partial charge in [-0.1, -0.05) is 0 Å². The molecule has 14 heavy (non-hydrogen) atoms. The Balaban J connectivity index is 2.25. The zero-order valence-electron chi connectivity index (χ0n) is 8.56. The molecule has 0 saturated heterocycles. The summed E-state index contributed by atoms with van der Waals surface area (Å²) in [6.07, 6.45) is 3.53. The number of rotatable bonds is 6. The molecular formula is C10H16N2O2. The Morgan fingerprint density at radius 3 is 2.71 bits per heavy atom. The number of hydrogen-bond acceptors (Lipinski definition) is 4. The fourth-order valence-electron chi connectivity index (χ4n) is 1.03. The number of nitrogens with zero attached hydrogens (tertiary/aromatic N) is 1. The van der Waals surface area contributed by atoms with Crippen LogP contribution < -0.4 is 5.48 Å². The van der Waals surface area contributed by atoms with Crippen LogP contribution in [0, 0.1) is 0 Å². The number of nitrogens with one attached hydrogen (secondary N) is 1. The minimum atomic E-state index is 0.162. The Bertz CT molecular complexity index is 241. The number of hydroxylamine groups is 1. The van der Waals surface area contributed by atoms with Crippen LogP contribution >= 0.6 is 0 Å². The molecule has 0 aliphatic rings. The standard InChI is InChI=1S/C10H16N2O2/c1-9(12-14-8-7-13-2)10-3-5-11-6-4-10/h3-6,9,12H,7-8H2,1-2H3. The molecule has 4 nitrogen and oxygen atoms in total. The van der Waals surface area contributed by atoms with E-state index in [2.05, 4.69) is 10.5 Å². The van der Waals surface area contributed by atoms with Crippen molar-refractivity contribution in [3.05, 3.63) is 30.1 Å². The molecule has 1 N–H and O–H groups in total. The lowest BCUT2D eigenvalue weighted by molar-refractivity contribution is -0.00925. The van der Waals surface area contributed by atoms with Gasteiger partial charge in [0.1, 0.15) is 0 Å². The van der Waals surface area contributed by atoms with E-state index < -0.39 is 0 Å². The van der Waals surface area contributed by atoms with Crippen molar-refractivity contribution < 1.29 is 9.57 Å². The third kappa shape index (κ3) is 3.83. The lowest BCUT2D eigenvalue weighted by atomic mass is 10.1. The maximum atomic E-state index is 5.19. The lowest BCUT2D eigenvalue weighted by Crippen LogP contribution is -2.21. The van der Waals surface area contributed by atoms with Crippen molar-refractivity contribution in [1.82, 2.24) is 10.5 Å². The minimum absolute atomic E-state index is 0.162. The van der Waals surface area contributed by atoms with Gasteiger partial charge < -0.3 is 4.74 Å². The van der Waals surface area contributed by atoms with Crippen LogP contribution in [-0.4, -0.2) is 25.3 Å². The first-order valence-electron chi connectivity index (χ1n) is 4.60. The molecule has 0 spiro atoms. The largest absolute Gasteiger partial charge is 0.382 e. The van der Waals surface area contributed by atoms with Gasteiger partial charge in [-0.15, -0.1) is 0 Å². The Labute approximate surface area is 84.2 Å². The number of methoxy groups -OCH3 is 1. The van der Waals surface area contributed by atoms with Gasteiger partial charge in [0.05, 0.1) is 19.3 Å². The molecule has 1 atom stereocenters. The highest BCUT2D eigenvalue weighted by molar-refractivity contribution is 5.13. The number of pyridine rings is 1. The van der Waals surface area contributed by atoms with Crippen molar-refractivity contribution in [1.29, 1.82) is 0 Å². The van der Waals surface area contributed by atoms with E-state index in [9.17, 15) is 0 Å². The van der Waals surface area contributed by atoms with E-state index in [1.165, 1.54) is 0 Å². The predicted molar refractivity (Wildman–Crippen MR) is 53.6 cm³/mol. The summed E-state index contributed by atoms with van der Waals surface area (Å²) in [6, 6.07) is 4.07. The van der Waals surface area contributed by atoms with Crippen LogP contribution in [0.1, 0.15) is 18.5 Å². The van der Waals surface area contributed by atoms with Crippen molar-refractivity contribution in [2.75, 3.05) is 20.3 Å². The molecule has 78 valence electrons. The molecule has 1 unspecified atom stereocenters. The van der Waals surface area contributed by atoms with Gasteiger partial charge in [-0.2, -0.15) is 5.48 Å².